The van der Waals surface area contributed by atoms with E-state index < -0.39 is 33.1 Å². The van der Waals surface area contributed by atoms with E-state index in [2.05, 4.69) is 25.5 Å². The number of rotatable bonds is 6. The molecule has 0 rings (SSSR count). The molecule has 0 aromatic rings. The summed E-state index contributed by atoms with van der Waals surface area (Å²) in [6.07, 6.45) is -0.773. The molecule has 0 aliphatic carbocycles. The molecule has 18 heavy (non-hydrogen) atoms. The molecule has 0 heterocycles. The fourth-order valence-corrected chi connectivity index (χ4v) is 2.54. The van der Waals surface area contributed by atoms with Gasteiger partial charge in [0.15, 0.2) is 8.32 Å². The minimum absolute atomic E-state index is 0.0224. The SMILES string of the molecule is COC(=O)C[C@@H](N)[C@@H](CF)O[Si](C)(C)C(C)(C)C. The Kier molecular flexibility index (Phi) is 6.46. The van der Waals surface area contributed by atoms with Gasteiger partial charge in [-0.25, -0.2) is 4.39 Å². The van der Waals surface area contributed by atoms with Crippen LogP contribution in [0.25, 0.3) is 0 Å². The number of hydrogen-bond donors (Lipinski definition) is 1. The molecular formula is C12H26FNO3Si. The summed E-state index contributed by atoms with van der Waals surface area (Å²) in [5.74, 6) is -0.445. The lowest BCUT2D eigenvalue weighted by molar-refractivity contribution is -0.141. The summed E-state index contributed by atoms with van der Waals surface area (Å²) in [4.78, 5) is 11.1. The van der Waals surface area contributed by atoms with E-state index in [0.29, 0.717) is 0 Å². The van der Waals surface area contributed by atoms with Crippen molar-refractivity contribution in [2.75, 3.05) is 13.8 Å². The predicted octanol–water partition coefficient (Wildman–Crippen LogP) is 2.24. The predicted molar refractivity (Wildman–Crippen MR) is 72.7 cm³/mol. The van der Waals surface area contributed by atoms with Crippen molar-refractivity contribution in [1.29, 1.82) is 0 Å². The highest BCUT2D eigenvalue weighted by Crippen LogP contribution is 2.37. The zero-order valence-electron chi connectivity index (χ0n) is 12.2. The van der Waals surface area contributed by atoms with Gasteiger partial charge in [-0.15, -0.1) is 0 Å². The average Bonchev–Trinajstić information content (AvgIpc) is 2.23. The number of carbonyl (C=O) groups excluding carboxylic acids is 1. The van der Waals surface area contributed by atoms with E-state index in [9.17, 15) is 9.18 Å². The third-order valence-corrected chi connectivity index (χ3v) is 8.02. The monoisotopic (exact) mass is 279 g/mol. The summed E-state index contributed by atoms with van der Waals surface area (Å²) in [6.45, 7) is 9.58. The first-order valence-electron chi connectivity index (χ1n) is 6.11. The highest BCUT2D eigenvalue weighted by molar-refractivity contribution is 6.74. The van der Waals surface area contributed by atoms with Crippen molar-refractivity contribution in [2.45, 2.75) is 57.5 Å². The van der Waals surface area contributed by atoms with E-state index in [0.717, 1.165) is 0 Å². The Morgan fingerprint density at radius 1 is 1.39 bits per heavy atom. The van der Waals surface area contributed by atoms with Crippen LogP contribution in [0.1, 0.15) is 27.2 Å². The summed E-state index contributed by atoms with van der Waals surface area (Å²) in [5.41, 5.74) is 5.81. The Balaban J connectivity index is 4.65. The third-order valence-electron chi connectivity index (χ3n) is 3.51. The fraction of sp³-hybridized carbons (Fsp3) is 0.917. The van der Waals surface area contributed by atoms with Crippen LogP contribution in [0.2, 0.25) is 18.1 Å². The number of carbonyl (C=O) groups is 1. The normalized spacial score (nSPS) is 16.2. The van der Waals surface area contributed by atoms with Crippen molar-refractivity contribution in [3.8, 4) is 0 Å². The summed E-state index contributed by atoms with van der Waals surface area (Å²) >= 11 is 0. The fourth-order valence-electron chi connectivity index (χ4n) is 1.20. The Labute approximate surface area is 110 Å². The smallest absolute Gasteiger partial charge is 0.307 e. The first-order valence-corrected chi connectivity index (χ1v) is 9.02. The summed E-state index contributed by atoms with van der Waals surface area (Å²) in [5, 5.41) is -0.0224. The number of hydrogen-bond acceptors (Lipinski definition) is 4. The number of ether oxygens (including phenoxy) is 1. The molecule has 0 fully saturated rings. The highest BCUT2D eigenvalue weighted by Gasteiger charge is 2.40. The summed E-state index contributed by atoms with van der Waals surface area (Å²) in [7, 11) is -0.799. The van der Waals surface area contributed by atoms with E-state index in [1.807, 2.05) is 13.1 Å². The molecule has 0 unspecified atom stereocenters. The van der Waals surface area contributed by atoms with Gasteiger partial charge in [0.1, 0.15) is 6.67 Å². The maximum Gasteiger partial charge on any atom is 0.307 e. The zero-order chi connectivity index (χ0) is 14.6. The third kappa shape index (κ3) is 5.03. The number of alkyl halides is 1. The van der Waals surface area contributed by atoms with Crippen molar-refractivity contribution in [3.63, 3.8) is 0 Å². The van der Waals surface area contributed by atoms with Crippen LogP contribution in [-0.4, -0.2) is 40.2 Å². The lowest BCUT2D eigenvalue weighted by atomic mass is 10.1. The summed E-state index contributed by atoms with van der Waals surface area (Å²) < 4.78 is 23.5. The lowest BCUT2D eigenvalue weighted by Crippen LogP contribution is -2.50. The van der Waals surface area contributed by atoms with Gasteiger partial charge in [-0.05, 0) is 18.1 Å². The number of halogens is 1. The molecule has 6 heteroatoms. The van der Waals surface area contributed by atoms with E-state index in [1.165, 1.54) is 7.11 Å². The van der Waals surface area contributed by atoms with Gasteiger partial charge < -0.3 is 14.9 Å². The molecule has 0 aromatic heterocycles. The maximum atomic E-state index is 13.0. The van der Waals surface area contributed by atoms with Crippen molar-refractivity contribution in [2.24, 2.45) is 5.73 Å². The Morgan fingerprint density at radius 2 is 1.89 bits per heavy atom. The maximum absolute atomic E-state index is 13.0. The van der Waals surface area contributed by atoms with Gasteiger partial charge in [0.05, 0.1) is 19.6 Å². The first kappa shape index (κ1) is 17.5. The first-order chi connectivity index (χ1) is 8.05. The molecule has 0 saturated carbocycles. The van der Waals surface area contributed by atoms with Crippen LogP contribution >= 0.6 is 0 Å². The van der Waals surface area contributed by atoms with Gasteiger partial charge in [0.25, 0.3) is 0 Å². The van der Waals surface area contributed by atoms with Crippen LogP contribution in [0, 0.1) is 0 Å². The Morgan fingerprint density at radius 3 is 2.22 bits per heavy atom. The van der Waals surface area contributed by atoms with Crippen molar-refractivity contribution < 1.29 is 18.3 Å². The van der Waals surface area contributed by atoms with Crippen LogP contribution in [0.4, 0.5) is 4.39 Å². The topological polar surface area (TPSA) is 61.5 Å². The van der Waals surface area contributed by atoms with Gasteiger partial charge in [0.2, 0.25) is 0 Å². The molecule has 0 bridgehead atoms. The average molecular weight is 279 g/mol. The van der Waals surface area contributed by atoms with E-state index in [4.69, 9.17) is 10.2 Å². The second-order valence-corrected chi connectivity index (χ2v) is 10.8. The molecule has 0 aromatic carbocycles. The van der Waals surface area contributed by atoms with Crippen molar-refractivity contribution in [3.05, 3.63) is 0 Å². The minimum atomic E-state index is -2.09. The van der Waals surface area contributed by atoms with Gasteiger partial charge >= 0.3 is 5.97 Å². The van der Waals surface area contributed by atoms with Crippen LogP contribution in [0.3, 0.4) is 0 Å². The summed E-state index contributed by atoms with van der Waals surface area (Å²) in [6, 6.07) is -0.670. The lowest BCUT2D eigenvalue weighted by Gasteiger charge is -2.39. The molecule has 4 nitrogen and oxygen atoms in total. The molecule has 0 amide bonds. The second-order valence-electron chi connectivity index (χ2n) is 6.02. The molecule has 108 valence electrons. The minimum Gasteiger partial charge on any atom is -0.469 e. The Hall–Kier alpha value is -0.463. The van der Waals surface area contributed by atoms with Crippen LogP contribution in [0.5, 0.6) is 0 Å². The van der Waals surface area contributed by atoms with Gasteiger partial charge in [0, 0.05) is 6.04 Å². The van der Waals surface area contributed by atoms with Crippen molar-refractivity contribution in [1.82, 2.24) is 0 Å². The molecule has 2 N–H and O–H groups in total. The van der Waals surface area contributed by atoms with Crippen LogP contribution in [-0.2, 0) is 14.0 Å². The van der Waals surface area contributed by atoms with E-state index >= 15 is 0 Å². The second kappa shape index (κ2) is 6.63. The molecule has 0 saturated heterocycles. The molecule has 2 atom stereocenters. The quantitative estimate of drug-likeness (QED) is 0.598. The van der Waals surface area contributed by atoms with E-state index in [-0.39, 0.29) is 11.5 Å². The van der Waals surface area contributed by atoms with Crippen LogP contribution in [0.15, 0.2) is 0 Å². The molecule has 0 aliphatic heterocycles. The highest BCUT2D eigenvalue weighted by atomic mass is 28.4. The molecule has 0 radical (unpaired) electrons. The number of methoxy groups -OCH3 is 1. The molecule has 0 spiro atoms. The largest absolute Gasteiger partial charge is 0.469 e. The molecular weight excluding hydrogens is 253 g/mol. The van der Waals surface area contributed by atoms with Crippen LogP contribution < -0.4 is 5.73 Å². The van der Waals surface area contributed by atoms with Gasteiger partial charge in [-0.1, -0.05) is 20.8 Å². The molecule has 0 aliphatic rings. The zero-order valence-corrected chi connectivity index (χ0v) is 13.2. The Bertz CT molecular complexity index is 279. The standard InChI is InChI=1S/C12H26FNO3Si/c1-12(2,3)18(5,6)17-10(8-13)9(14)7-11(15)16-4/h9-10H,7-8,14H2,1-6H3/t9-,10-/m1/s1. The van der Waals surface area contributed by atoms with Gasteiger partial charge in [-0.2, -0.15) is 0 Å². The van der Waals surface area contributed by atoms with E-state index in [1.54, 1.807) is 0 Å². The number of esters is 1. The van der Waals surface area contributed by atoms with Crippen molar-refractivity contribution >= 4 is 14.3 Å². The van der Waals surface area contributed by atoms with Gasteiger partial charge in [-0.3, -0.25) is 4.79 Å². The number of nitrogens with two attached hydrogens (primary N) is 1.